The minimum absolute atomic E-state index is 0. The molecule has 148 valence electrons. The number of thiazole rings is 2. The van der Waals surface area contributed by atoms with Crippen LogP contribution in [0.1, 0.15) is 36.3 Å². The second-order valence-electron chi connectivity index (χ2n) is 5.91. The molecule has 3 heterocycles. The van der Waals surface area contributed by atoms with Crippen molar-refractivity contribution in [2.75, 3.05) is 20.7 Å². The Morgan fingerprint density at radius 1 is 1.37 bits per heavy atom. The van der Waals surface area contributed by atoms with E-state index in [1.807, 2.05) is 36.1 Å². The van der Waals surface area contributed by atoms with Crippen molar-refractivity contribution >= 4 is 57.6 Å². The molecule has 3 aromatic heterocycles. The number of imidazole rings is 1. The number of nitrogens with zero attached hydrogens (tertiary/aromatic N) is 5. The van der Waals surface area contributed by atoms with E-state index in [9.17, 15) is 0 Å². The summed E-state index contributed by atoms with van der Waals surface area (Å²) in [6.45, 7) is 6.12. The van der Waals surface area contributed by atoms with E-state index in [0.29, 0.717) is 13.1 Å². The normalized spacial score (nSPS) is 12.8. The molecule has 3 rings (SSSR count). The van der Waals surface area contributed by atoms with Gasteiger partial charge in [-0.2, -0.15) is 0 Å². The summed E-state index contributed by atoms with van der Waals surface area (Å²) in [4.78, 5) is 17.0. The van der Waals surface area contributed by atoms with Crippen LogP contribution in [-0.2, 0) is 17.8 Å². The van der Waals surface area contributed by atoms with Gasteiger partial charge in [-0.15, -0.1) is 46.7 Å². The Morgan fingerprint density at radius 2 is 2.19 bits per heavy atom. The maximum absolute atomic E-state index is 5.34. The quantitative estimate of drug-likeness (QED) is 0.292. The van der Waals surface area contributed by atoms with Crippen LogP contribution < -0.4 is 5.32 Å². The van der Waals surface area contributed by atoms with Crippen LogP contribution in [0.2, 0.25) is 0 Å². The fourth-order valence-corrected chi connectivity index (χ4v) is 4.04. The third kappa shape index (κ3) is 5.62. The molecule has 0 amide bonds. The van der Waals surface area contributed by atoms with Crippen LogP contribution in [0.4, 0.5) is 0 Å². The van der Waals surface area contributed by atoms with E-state index in [-0.39, 0.29) is 30.1 Å². The highest BCUT2D eigenvalue weighted by Crippen LogP contribution is 2.21. The van der Waals surface area contributed by atoms with Crippen molar-refractivity contribution in [3.63, 3.8) is 0 Å². The molecule has 0 aliphatic rings. The van der Waals surface area contributed by atoms with Gasteiger partial charge in [0.15, 0.2) is 10.9 Å². The molecule has 0 saturated carbocycles. The molecule has 0 aliphatic heterocycles. The van der Waals surface area contributed by atoms with Gasteiger partial charge in [0.1, 0.15) is 11.1 Å². The third-order valence-electron chi connectivity index (χ3n) is 3.90. The van der Waals surface area contributed by atoms with Gasteiger partial charge < -0.3 is 15.0 Å². The number of fused-ring (bicyclic) bond motifs is 1. The van der Waals surface area contributed by atoms with Gasteiger partial charge in [0.2, 0.25) is 0 Å². The Balaban J connectivity index is 0.00000261. The summed E-state index contributed by atoms with van der Waals surface area (Å²) in [5.41, 5.74) is 1.98. The lowest BCUT2D eigenvalue weighted by molar-refractivity contribution is 0.119. The monoisotopic (exact) mass is 520 g/mol. The fraction of sp³-hybridized carbons (Fsp3) is 0.471. The van der Waals surface area contributed by atoms with Crippen LogP contribution in [0.25, 0.3) is 4.96 Å². The average Bonchev–Trinajstić information content (AvgIpc) is 3.33. The number of methoxy groups -OCH3 is 1. The number of guanidine groups is 1. The molecule has 0 aromatic carbocycles. The first-order chi connectivity index (χ1) is 12.6. The average molecular weight is 520 g/mol. The van der Waals surface area contributed by atoms with Gasteiger partial charge in [-0.3, -0.25) is 4.40 Å². The number of aromatic nitrogens is 3. The fourth-order valence-electron chi connectivity index (χ4n) is 2.48. The van der Waals surface area contributed by atoms with Crippen molar-refractivity contribution in [1.82, 2.24) is 24.6 Å². The van der Waals surface area contributed by atoms with E-state index < -0.39 is 0 Å². The maximum Gasteiger partial charge on any atom is 0.194 e. The Kier molecular flexibility index (Phi) is 8.45. The second-order valence-corrected chi connectivity index (χ2v) is 7.67. The zero-order chi connectivity index (χ0) is 18.5. The summed E-state index contributed by atoms with van der Waals surface area (Å²) in [6, 6.07) is 0. The summed E-state index contributed by atoms with van der Waals surface area (Å²) in [6.07, 6.45) is 4.06. The number of rotatable bonds is 7. The van der Waals surface area contributed by atoms with Crippen molar-refractivity contribution in [3.05, 3.63) is 39.5 Å². The predicted molar refractivity (Wildman–Crippen MR) is 122 cm³/mol. The Labute approximate surface area is 184 Å². The molecule has 10 heteroatoms. The van der Waals surface area contributed by atoms with Gasteiger partial charge in [-0.1, -0.05) is 0 Å². The molecule has 0 bridgehead atoms. The minimum atomic E-state index is 0. The molecule has 0 aliphatic carbocycles. The van der Waals surface area contributed by atoms with E-state index in [1.165, 1.54) is 0 Å². The number of hydrogen-bond acceptors (Lipinski definition) is 6. The SMILES string of the molecule is CCNC(=NCc1cn2ccsc2n1)N(C)Cc1csc(C(C)OC)n1.I. The minimum Gasteiger partial charge on any atom is -0.375 e. The van der Waals surface area contributed by atoms with Crippen LogP contribution in [0.15, 0.2) is 28.1 Å². The number of nitrogens with one attached hydrogen (secondary N) is 1. The highest BCUT2D eigenvalue weighted by atomic mass is 127. The molecular weight excluding hydrogens is 495 g/mol. The smallest absolute Gasteiger partial charge is 0.194 e. The first-order valence-corrected chi connectivity index (χ1v) is 10.2. The van der Waals surface area contributed by atoms with Gasteiger partial charge in [-0.05, 0) is 13.8 Å². The van der Waals surface area contributed by atoms with Crippen LogP contribution in [0.5, 0.6) is 0 Å². The molecule has 7 nitrogen and oxygen atoms in total. The Morgan fingerprint density at radius 3 is 2.89 bits per heavy atom. The molecule has 27 heavy (non-hydrogen) atoms. The zero-order valence-electron chi connectivity index (χ0n) is 15.9. The number of ether oxygens (including phenoxy) is 1. The number of aliphatic imine (C=N–C) groups is 1. The van der Waals surface area contributed by atoms with Crippen LogP contribution in [0.3, 0.4) is 0 Å². The molecule has 0 saturated heterocycles. The lowest BCUT2D eigenvalue weighted by atomic mass is 10.4. The van der Waals surface area contributed by atoms with Crippen LogP contribution >= 0.6 is 46.7 Å². The van der Waals surface area contributed by atoms with E-state index in [2.05, 4.69) is 32.5 Å². The maximum atomic E-state index is 5.34. The van der Waals surface area contributed by atoms with Gasteiger partial charge >= 0.3 is 0 Å². The Bertz CT molecular complexity index is 845. The third-order valence-corrected chi connectivity index (χ3v) is 5.73. The number of halogens is 1. The lowest BCUT2D eigenvalue weighted by Crippen LogP contribution is -2.38. The van der Waals surface area contributed by atoms with Gasteiger partial charge in [0, 0.05) is 43.9 Å². The summed E-state index contributed by atoms with van der Waals surface area (Å²) < 4.78 is 7.36. The predicted octanol–water partition coefficient (Wildman–Crippen LogP) is 3.78. The zero-order valence-corrected chi connectivity index (χ0v) is 19.8. The van der Waals surface area contributed by atoms with E-state index in [1.54, 1.807) is 29.8 Å². The van der Waals surface area contributed by atoms with E-state index in [0.717, 1.165) is 33.9 Å². The van der Waals surface area contributed by atoms with E-state index in [4.69, 9.17) is 9.73 Å². The van der Waals surface area contributed by atoms with E-state index >= 15 is 0 Å². The Hall–Kier alpha value is -1.24. The second kappa shape index (κ2) is 10.3. The molecule has 0 spiro atoms. The van der Waals surface area contributed by atoms with Crippen molar-refractivity contribution in [2.24, 2.45) is 4.99 Å². The molecule has 1 unspecified atom stereocenters. The highest BCUT2D eigenvalue weighted by molar-refractivity contribution is 14.0. The molecule has 1 N–H and O–H groups in total. The summed E-state index contributed by atoms with van der Waals surface area (Å²) in [7, 11) is 3.72. The summed E-state index contributed by atoms with van der Waals surface area (Å²) in [5.74, 6) is 0.846. The first-order valence-electron chi connectivity index (χ1n) is 8.48. The van der Waals surface area contributed by atoms with Gasteiger partial charge in [0.25, 0.3) is 0 Å². The highest BCUT2D eigenvalue weighted by Gasteiger charge is 2.13. The molecule has 3 aromatic rings. The summed E-state index contributed by atoms with van der Waals surface area (Å²) in [5, 5.41) is 8.44. The molecule has 1 atom stereocenters. The molecule has 0 fully saturated rings. The molecular formula is C17H25IN6OS2. The summed E-state index contributed by atoms with van der Waals surface area (Å²) >= 11 is 3.26. The van der Waals surface area contributed by atoms with Gasteiger partial charge in [-0.25, -0.2) is 15.0 Å². The van der Waals surface area contributed by atoms with Crippen molar-refractivity contribution in [2.45, 2.75) is 33.0 Å². The first kappa shape index (κ1) is 22.1. The van der Waals surface area contributed by atoms with Crippen LogP contribution in [-0.4, -0.2) is 45.9 Å². The van der Waals surface area contributed by atoms with Gasteiger partial charge in [0.05, 0.1) is 24.5 Å². The van der Waals surface area contributed by atoms with Crippen molar-refractivity contribution < 1.29 is 4.74 Å². The molecule has 0 radical (unpaired) electrons. The van der Waals surface area contributed by atoms with Crippen molar-refractivity contribution in [1.29, 1.82) is 0 Å². The van der Waals surface area contributed by atoms with Crippen LogP contribution in [0, 0.1) is 0 Å². The largest absolute Gasteiger partial charge is 0.375 e. The topological polar surface area (TPSA) is 67.0 Å². The lowest BCUT2D eigenvalue weighted by Gasteiger charge is -2.21. The standard InChI is InChI=1S/C17H24N6OS2.HI/c1-5-18-16(19-8-13-10-23-6-7-25-17(23)21-13)22(3)9-14-11-26-15(20-14)12(2)24-4;/h6-7,10-12H,5,8-9H2,1-4H3,(H,18,19);1H. The number of hydrogen-bond donors (Lipinski definition) is 1. The van der Waals surface area contributed by atoms with Crippen molar-refractivity contribution in [3.8, 4) is 0 Å².